The van der Waals surface area contributed by atoms with Crippen LogP contribution in [0.2, 0.25) is 0 Å². The SMILES string of the molecule is C[C@H]1CCc2c(sc3nc(SCC(=O)c4ccccc4)nc(N)c23)C1. The number of aromatic nitrogens is 2. The summed E-state index contributed by atoms with van der Waals surface area (Å²) in [7, 11) is 0. The number of carbonyl (C=O) groups is 1. The van der Waals surface area contributed by atoms with Gasteiger partial charge in [-0.25, -0.2) is 9.97 Å². The first-order valence-electron chi connectivity index (χ1n) is 8.40. The Morgan fingerprint density at radius 1 is 1.32 bits per heavy atom. The molecule has 2 heterocycles. The normalized spacial score (nSPS) is 16.8. The van der Waals surface area contributed by atoms with Crippen molar-refractivity contribution in [2.75, 3.05) is 11.5 Å². The highest BCUT2D eigenvalue weighted by molar-refractivity contribution is 7.99. The molecule has 1 aliphatic rings. The number of hydrogen-bond acceptors (Lipinski definition) is 6. The van der Waals surface area contributed by atoms with E-state index in [1.807, 2.05) is 30.3 Å². The Hall–Kier alpha value is -1.92. The van der Waals surface area contributed by atoms with E-state index >= 15 is 0 Å². The monoisotopic (exact) mass is 369 g/mol. The topological polar surface area (TPSA) is 68.9 Å². The molecule has 0 amide bonds. The van der Waals surface area contributed by atoms with Crippen molar-refractivity contribution >= 4 is 44.9 Å². The molecule has 0 radical (unpaired) electrons. The molecule has 4 rings (SSSR count). The van der Waals surface area contributed by atoms with Gasteiger partial charge in [-0.1, -0.05) is 49.0 Å². The quantitative estimate of drug-likeness (QED) is 0.420. The number of ketones is 1. The van der Waals surface area contributed by atoms with E-state index < -0.39 is 0 Å². The van der Waals surface area contributed by atoms with Crippen molar-refractivity contribution in [1.29, 1.82) is 0 Å². The molecule has 0 saturated heterocycles. The van der Waals surface area contributed by atoms with Crippen LogP contribution in [0.3, 0.4) is 0 Å². The molecule has 1 aliphatic carbocycles. The average molecular weight is 370 g/mol. The number of nitrogens with two attached hydrogens (primary N) is 1. The van der Waals surface area contributed by atoms with Crippen LogP contribution < -0.4 is 5.73 Å². The zero-order valence-corrected chi connectivity index (χ0v) is 15.6. The number of benzene rings is 1. The van der Waals surface area contributed by atoms with Crippen LogP contribution in [0.5, 0.6) is 0 Å². The molecule has 0 aliphatic heterocycles. The molecule has 1 aromatic carbocycles. The molecule has 0 unspecified atom stereocenters. The second-order valence-electron chi connectivity index (χ2n) is 6.50. The Morgan fingerprint density at radius 3 is 2.92 bits per heavy atom. The lowest BCUT2D eigenvalue weighted by molar-refractivity contribution is 0.102. The van der Waals surface area contributed by atoms with E-state index in [-0.39, 0.29) is 5.78 Å². The summed E-state index contributed by atoms with van der Waals surface area (Å²) in [6, 6.07) is 9.30. The van der Waals surface area contributed by atoms with Crippen LogP contribution in [-0.2, 0) is 12.8 Å². The van der Waals surface area contributed by atoms with Crippen LogP contribution in [0.25, 0.3) is 10.2 Å². The second-order valence-corrected chi connectivity index (χ2v) is 8.53. The van der Waals surface area contributed by atoms with E-state index in [1.54, 1.807) is 11.3 Å². The van der Waals surface area contributed by atoms with E-state index in [0.717, 1.165) is 23.1 Å². The molecule has 0 fully saturated rings. The van der Waals surface area contributed by atoms with Gasteiger partial charge in [0.05, 0.1) is 11.1 Å². The van der Waals surface area contributed by atoms with E-state index in [9.17, 15) is 4.79 Å². The predicted molar refractivity (Wildman–Crippen MR) is 105 cm³/mol. The summed E-state index contributed by atoms with van der Waals surface area (Å²) in [6.07, 6.45) is 3.36. The summed E-state index contributed by atoms with van der Waals surface area (Å²) in [5, 5.41) is 1.62. The minimum atomic E-state index is 0.0761. The number of rotatable bonds is 4. The highest BCUT2D eigenvalue weighted by atomic mass is 32.2. The van der Waals surface area contributed by atoms with Crippen molar-refractivity contribution in [3.8, 4) is 0 Å². The van der Waals surface area contributed by atoms with E-state index in [1.165, 1.54) is 28.6 Å². The average Bonchev–Trinajstić information content (AvgIpc) is 2.98. The van der Waals surface area contributed by atoms with Gasteiger partial charge in [-0.15, -0.1) is 11.3 Å². The van der Waals surface area contributed by atoms with Crippen molar-refractivity contribution < 1.29 is 4.79 Å². The smallest absolute Gasteiger partial charge is 0.191 e. The summed E-state index contributed by atoms with van der Waals surface area (Å²) < 4.78 is 0. The van der Waals surface area contributed by atoms with Gasteiger partial charge in [0.1, 0.15) is 10.6 Å². The second kappa shape index (κ2) is 6.77. The molecule has 6 heteroatoms. The third-order valence-electron chi connectivity index (χ3n) is 4.59. The number of anilines is 1. The Morgan fingerprint density at radius 2 is 2.12 bits per heavy atom. The summed E-state index contributed by atoms with van der Waals surface area (Å²) in [4.78, 5) is 23.7. The van der Waals surface area contributed by atoms with Gasteiger partial charge in [0.15, 0.2) is 10.9 Å². The molecular weight excluding hydrogens is 350 g/mol. The lowest BCUT2D eigenvalue weighted by atomic mass is 9.89. The highest BCUT2D eigenvalue weighted by Gasteiger charge is 2.23. The number of fused-ring (bicyclic) bond motifs is 3. The van der Waals surface area contributed by atoms with Crippen molar-refractivity contribution in [1.82, 2.24) is 9.97 Å². The highest BCUT2D eigenvalue weighted by Crippen LogP contribution is 2.39. The van der Waals surface area contributed by atoms with Crippen LogP contribution in [0.1, 0.15) is 34.1 Å². The lowest BCUT2D eigenvalue weighted by Gasteiger charge is -2.17. The van der Waals surface area contributed by atoms with Gasteiger partial charge in [-0.2, -0.15) is 0 Å². The number of nitrogens with zero attached hydrogens (tertiary/aromatic N) is 2. The third kappa shape index (κ3) is 3.28. The molecule has 0 saturated carbocycles. The summed E-state index contributed by atoms with van der Waals surface area (Å²) in [6.45, 7) is 2.29. The van der Waals surface area contributed by atoms with Crippen LogP contribution in [-0.4, -0.2) is 21.5 Å². The first kappa shape index (κ1) is 16.5. The van der Waals surface area contributed by atoms with Gasteiger partial charge < -0.3 is 5.73 Å². The standard InChI is InChI=1S/C19H19N3OS2/c1-11-7-8-13-15(9-11)25-18-16(13)17(20)21-19(22-18)24-10-14(23)12-5-3-2-4-6-12/h2-6,11H,7-10H2,1H3,(H2,20,21,22)/t11-/m0/s1. The molecule has 0 spiro atoms. The zero-order chi connectivity index (χ0) is 17.4. The molecule has 2 aromatic heterocycles. The van der Waals surface area contributed by atoms with Crippen LogP contribution in [0.4, 0.5) is 5.82 Å². The fourth-order valence-corrected chi connectivity index (χ4v) is 5.45. The summed E-state index contributed by atoms with van der Waals surface area (Å²) in [5.41, 5.74) is 8.29. The first-order valence-corrected chi connectivity index (χ1v) is 10.2. The Bertz CT molecular complexity index is 937. The Labute approximate surface area is 154 Å². The largest absolute Gasteiger partial charge is 0.383 e. The molecule has 2 N–H and O–H groups in total. The van der Waals surface area contributed by atoms with Gasteiger partial charge >= 0.3 is 0 Å². The molecule has 128 valence electrons. The minimum Gasteiger partial charge on any atom is -0.383 e. The number of aryl methyl sites for hydroxylation is 1. The van der Waals surface area contributed by atoms with E-state index in [0.29, 0.717) is 28.2 Å². The van der Waals surface area contributed by atoms with Gasteiger partial charge in [0.2, 0.25) is 0 Å². The molecule has 4 nitrogen and oxygen atoms in total. The van der Waals surface area contributed by atoms with Crippen molar-refractivity contribution in [3.05, 3.63) is 46.3 Å². The van der Waals surface area contributed by atoms with Gasteiger partial charge in [0.25, 0.3) is 0 Å². The number of thioether (sulfide) groups is 1. The third-order valence-corrected chi connectivity index (χ3v) is 6.59. The first-order chi connectivity index (χ1) is 12.1. The number of nitrogen functional groups attached to an aromatic ring is 1. The van der Waals surface area contributed by atoms with Gasteiger partial charge in [-0.05, 0) is 30.7 Å². The van der Waals surface area contributed by atoms with Gasteiger partial charge in [-0.3, -0.25) is 4.79 Å². The maximum absolute atomic E-state index is 12.3. The number of Topliss-reactive ketones (excluding diaryl/α,β-unsaturated/α-hetero) is 1. The number of thiophene rings is 1. The van der Waals surface area contributed by atoms with Gasteiger partial charge in [0, 0.05) is 10.4 Å². The summed E-state index contributed by atoms with van der Waals surface area (Å²) >= 11 is 3.09. The molecular formula is C19H19N3OS2. The predicted octanol–water partition coefficient (Wildman–Crippen LogP) is 4.37. The van der Waals surface area contributed by atoms with Crippen LogP contribution >= 0.6 is 23.1 Å². The number of carbonyl (C=O) groups excluding carboxylic acids is 1. The van der Waals surface area contributed by atoms with E-state index in [2.05, 4.69) is 16.9 Å². The Balaban J connectivity index is 1.58. The molecule has 1 atom stereocenters. The maximum Gasteiger partial charge on any atom is 0.191 e. The van der Waals surface area contributed by atoms with Crippen LogP contribution in [0.15, 0.2) is 35.5 Å². The summed E-state index contributed by atoms with van der Waals surface area (Å²) in [5.74, 6) is 1.66. The van der Waals surface area contributed by atoms with Crippen LogP contribution in [0, 0.1) is 5.92 Å². The minimum absolute atomic E-state index is 0.0761. The van der Waals surface area contributed by atoms with Crippen molar-refractivity contribution in [3.63, 3.8) is 0 Å². The lowest BCUT2D eigenvalue weighted by Crippen LogP contribution is -2.09. The Kier molecular flexibility index (Phi) is 4.48. The maximum atomic E-state index is 12.3. The number of hydrogen-bond donors (Lipinski definition) is 1. The van der Waals surface area contributed by atoms with Crippen molar-refractivity contribution in [2.45, 2.75) is 31.3 Å². The fraction of sp³-hybridized carbons (Fsp3) is 0.316. The molecule has 3 aromatic rings. The zero-order valence-electron chi connectivity index (χ0n) is 14.0. The van der Waals surface area contributed by atoms with Crippen molar-refractivity contribution in [2.24, 2.45) is 5.92 Å². The fourth-order valence-electron chi connectivity index (χ4n) is 3.25. The molecule has 0 bridgehead atoms. The molecule has 25 heavy (non-hydrogen) atoms. The van der Waals surface area contributed by atoms with E-state index in [4.69, 9.17) is 5.73 Å².